The van der Waals surface area contributed by atoms with Crippen molar-refractivity contribution in [1.29, 1.82) is 0 Å². The smallest absolute Gasteiger partial charge is 0.185 e. The van der Waals surface area contributed by atoms with Crippen molar-refractivity contribution >= 4 is 27.8 Å². The number of aromatic nitrogens is 2. The fourth-order valence-electron chi connectivity index (χ4n) is 2.47. The lowest BCUT2D eigenvalue weighted by Gasteiger charge is -2.26. The van der Waals surface area contributed by atoms with Crippen molar-refractivity contribution in [1.82, 2.24) is 14.9 Å². The van der Waals surface area contributed by atoms with Crippen molar-refractivity contribution in [2.75, 3.05) is 44.8 Å². The third kappa shape index (κ3) is 4.04. The van der Waals surface area contributed by atoms with Gasteiger partial charge in [0.1, 0.15) is 0 Å². The Morgan fingerprint density at radius 2 is 2.14 bits per heavy atom. The molecule has 22 heavy (non-hydrogen) atoms. The van der Waals surface area contributed by atoms with Crippen LogP contribution in [-0.2, 0) is 17.7 Å². The summed E-state index contributed by atoms with van der Waals surface area (Å²) in [6.45, 7) is 7.62. The summed E-state index contributed by atoms with van der Waals surface area (Å²) >= 11 is 3.56. The highest BCUT2D eigenvalue weighted by Crippen LogP contribution is 2.24. The van der Waals surface area contributed by atoms with E-state index in [9.17, 15) is 0 Å². The summed E-state index contributed by atoms with van der Waals surface area (Å²) < 4.78 is 5.39. The van der Waals surface area contributed by atoms with Crippen LogP contribution in [0.4, 0.5) is 5.13 Å². The van der Waals surface area contributed by atoms with Gasteiger partial charge in [0.15, 0.2) is 5.13 Å². The van der Waals surface area contributed by atoms with E-state index in [0.717, 1.165) is 50.9 Å². The lowest BCUT2D eigenvalue weighted by Crippen LogP contribution is -2.36. The van der Waals surface area contributed by atoms with Gasteiger partial charge in [-0.05, 0) is 20.4 Å². The van der Waals surface area contributed by atoms with E-state index < -0.39 is 0 Å². The molecular formula is C15H22N4OS2. The average molecular weight is 339 g/mol. The molecule has 0 radical (unpaired) electrons. The first-order chi connectivity index (χ1) is 10.7. The van der Waals surface area contributed by atoms with Crippen LogP contribution < -0.4 is 4.90 Å². The minimum absolute atomic E-state index is 0.809. The van der Waals surface area contributed by atoms with Gasteiger partial charge in [0, 0.05) is 42.1 Å². The molecule has 3 rings (SSSR count). The number of morpholine rings is 1. The lowest BCUT2D eigenvalue weighted by atomic mass is 10.3. The topological polar surface area (TPSA) is 41.5 Å². The minimum atomic E-state index is 0.809. The summed E-state index contributed by atoms with van der Waals surface area (Å²) in [5.41, 5.74) is 3.11. The van der Waals surface area contributed by atoms with Gasteiger partial charge < -0.3 is 14.5 Å². The Hall–Kier alpha value is -1.02. The summed E-state index contributed by atoms with van der Waals surface area (Å²) in [7, 11) is 2.17. The van der Waals surface area contributed by atoms with E-state index in [2.05, 4.69) is 33.7 Å². The number of nitrogens with zero attached hydrogens (tertiary/aromatic N) is 4. The maximum absolute atomic E-state index is 5.39. The van der Waals surface area contributed by atoms with Gasteiger partial charge in [0.05, 0.1) is 24.4 Å². The molecule has 1 saturated heterocycles. The first kappa shape index (κ1) is 15.9. The number of anilines is 1. The molecule has 0 N–H and O–H groups in total. The molecule has 1 aliphatic heterocycles. The number of aryl methyl sites for hydroxylation is 1. The van der Waals surface area contributed by atoms with E-state index in [1.807, 2.05) is 11.7 Å². The van der Waals surface area contributed by atoms with Crippen LogP contribution in [0, 0.1) is 6.92 Å². The van der Waals surface area contributed by atoms with Crippen LogP contribution in [0.1, 0.15) is 15.4 Å². The number of hydrogen-bond acceptors (Lipinski definition) is 7. The monoisotopic (exact) mass is 338 g/mol. The van der Waals surface area contributed by atoms with Crippen LogP contribution in [0.3, 0.4) is 0 Å². The van der Waals surface area contributed by atoms with Crippen molar-refractivity contribution in [3.05, 3.63) is 27.2 Å². The van der Waals surface area contributed by atoms with E-state index in [4.69, 9.17) is 4.74 Å². The Labute approximate surface area is 139 Å². The van der Waals surface area contributed by atoms with Gasteiger partial charge in [0.2, 0.25) is 0 Å². The third-order valence-corrected chi connectivity index (χ3v) is 5.85. The number of hydrogen-bond donors (Lipinski definition) is 0. The Balaban J connectivity index is 1.50. The van der Waals surface area contributed by atoms with Gasteiger partial charge >= 0.3 is 0 Å². The summed E-state index contributed by atoms with van der Waals surface area (Å²) in [5, 5.41) is 1.13. The number of rotatable bonds is 6. The molecule has 0 unspecified atom stereocenters. The van der Waals surface area contributed by atoms with Gasteiger partial charge in [0.25, 0.3) is 0 Å². The molecule has 0 aliphatic carbocycles. The molecule has 2 aromatic heterocycles. The first-order valence-corrected chi connectivity index (χ1v) is 9.27. The molecule has 1 fully saturated rings. The second-order valence-corrected chi connectivity index (χ2v) is 7.59. The fourth-order valence-corrected chi connectivity index (χ4v) is 4.29. The van der Waals surface area contributed by atoms with Gasteiger partial charge in [-0.25, -0.2) is 9.97 Å². The quantitative estimate of drug-likeness (QED) is 0.809. The first-order valence-electron chi connectivity index (χ1n) is 7.57. The Morgan fingerprint density at radius 1 is 1.32 bits per heavy atom. The van der Waals surface area contributed by atoms with Crippen molar-refractivity contribution in [2.24, 2.45) is 0 Å². The van der Waals surface area contributed by atoms with Crippen molar-refractivity contribution in [2.45, 2.75) is 19.9 Å². The molecule has 2 aromatic rings. The highest BCUT2D eigenvalue weighted by Gasteiger charge is 2.15. The molecule has 3 heterocycles. The molecule has 0 bridgehead atoms. The third-order valence-electron chi connectivity index (χ3n) is 3.81. The Morgan fingerprint density at radius 3 is 2.86 bits per heavy atom. The molecule has 5 nitrogen and oxygen atoms in total. The highest BCUT2D eigenvalue weighted by atomic mass is 32.1. The lowest BCUT2D eigenvalue weighted by molar-refractivity contribution is 0.122. The maximum Gasteiger partial charge on any atom is 0.185 e. The minimum Gasteiger partial charge on any atom is -0.378 e. The van der Waals surface area contributed by atoms with Crippen LogP contribution >= 0.6 is 22.7 Å². The molecule has 0 atom stereocenters. The van der Waals surface area contributed by atoms with Crippen LogP contribution in [0.2, 0.25) is 0 Å². The van der Waals surface area contributed by atoms with Crippen molar-refractivity contribution in [3.8, 4) is 0 Å². The molecular weight excluding hydrogens is 316 g/mol. The standard InChI is InChI=1S/C15H22N4OS2/c1-12-14(21-11-17-12)3-4-18(2)10-13-9-16-15(22-13)19-5-7-20-8-6-19/h9,11H,3-8,10H2,1-2H3. The predicted octanol–water partition coefficient (Wildman–Crippen LogP) is 2.42. The molecule has 1 aliphatic rings. The van der Waals surface area contributed by atoms with E-state index in [-0.39, 0.29) is 0 Å². The van der Waals surface area contributed by atoms with Crippen molar-refractivity contribution in [3.63, 3.8) is 0 Å². The summed E-state index contributed by atoms with van der Waals surface area (Å²) in [6, 6.07) is 0. The van der Waals surface area contributed by atoms with E-state index in [1.54, 1.807) is 22.7 Å². The number of ether oxygens (including phenoxy) is 1. The zero-order chi connectivity index (χ0) is 15.4. The number of likely N-dealkylation sites (N-methyl/N-ethyl adjacent to an activating group) is 1. The van der Waals surface area contributed by atoms with Gasteiger partial charge in [-0.1, -0.05) is 0 Å². The zero-order valence-corrected chi connectivity index (χ0v) is 14.8. The van der Waals surface area contributed by atoms with E-state index in [1.165, 1.54) is 15.4 Å². The van der Waals surface area contributed by atoms with Crippen LogP contribution in [0.15, 0.2) is 11.7 Å². The summed E-state index contributed by atoms with van der Waals surface area (Å²) in [5.74, 6) is 0. The van der Waals surface area contributed by atoms with Gasteiger partial charge in [-0.2, -0.15) is 0 Å². The molecule has 0 saturated carbocycles. The largest absolute Gasteiger partial charge is 0.378 e. The van der Waals surface area contributed by atoms with Gasteiger partial charge in [-0.15, -0.1) is 22.7 Å². The van der Waals surface area contributed by atoms with E-state index in [0.29, 0.717) is 0 Å². The molecule has 120 valence electrons. The fraction of sp³-hybridized carbons (Fsp3) is 0.600. The molecule has 7 heteroatoms. The SMILES string of the molecule is Cc1ncsc1CCN(C)Cc1cnc(N2CCOCC2)s1. The maximum atomic E-state index is 5.39. The van der Waals surface area contributed by atoms with Gasteiger partial charge in [-0.3, -0.25) is 0 Å². The van der Waals surface area contributed by atoms with Crippen molar-refractivity contribution < 1.29 is 4.74 Å². The summed E-state index contributed by atoms with van der Waals surface area (Å²) in [6.07, 6.45) is 3.09. The van der Waals surface area contributed by atoms with Crippen LogP contribution in [0.25, 0.3) is 0 Å². The Kier molecular flexibility index (Phi) is 5.41. The zero-order valence-electron chi connectivity index (χ0n) is 13.1. The molecule has 0 aromatic carbocycles. The summed E-state index contributed by atoms with van der Waals surface area (Å²) in [4.78, 5) is 16.3. The normalized spacial score (nSPS) is 15.7. The molecule has 0 spiro atoms. The number of thiazole rings is 2. The Bertz CT molecular complexity index is 592. The molecule has 0 amide bonds. The predicted molar refractivity (Wildman–Crippen MR) is 92.0 cm³/mol. The van der Waals surface area contributed by atoms with Crippen LogP contribution in [0.5, 0.6) is 0 Å². The second-order valence-electron chi connectivity index (χ2n) is 5.56. The average Bonchev–Trinajstić information content (AvgIpc) is 3.15. The second kappa shape index (κ2) is 7.50. The van der Waals surface area contributed by atoms with E-state index >= 15 is 0 Å². The highest BCUT2D eigenvalue weighted by molar-refractivity contribution is 7.15. The van der Waals surface area contributed by atoms with Crippen LogP contribution in [-0.4, -0.2) is 54.8 Å².